The van der Waals surface area contributed by atoms with Gasteiger partial charge < -0.3 is 10.1 Å². The van der Waals surface area contributed by atoms with Crippen LogP contribution in [0.4, 0.5) is 5.69 Å². The third-order valence-corrected chi connectivity index (χ3v) is 4.34. The van der Waals surface area contributed by atoms with Gasteiger partial charge in [-0.05, 0) is 41.0 Å². The van der Waals surface area contributed by atoms with Crippen molar-refractivity contribution in [2.45, 2.75) is 6.10 Å². The number of fused-ring (bicyclic) bond motifs is 1. The summed E-state index contributed by atoms with van der Waals surface area (Å²) in [6, 6.07) is 24.6. The Morgan fingerprint density at radius 2 is 1.70 bits per heavy atom. The van der Waals surface area contributed by atoms with Crippen molar-refractivity contribution in [3.63, 3.8) is 0 Å². The lowest BCUT2D eigenvalue weighted by atomic mass is 9.94. The molecule has 0 saturated carbocycles. The Labute approximate surface area is 140 Å². The van der Waals surface area contributed by atoms with Crippen LogP contribution in [0, 0.1) is 0 Å². The summed E-state index contributed by atoms with van der Waals surface area (Å²) >= 11 is 6.13. The maximum Gasteiger partial charge on any atom is 0.117 e. The van der Waals surface area contributed by atoms with E-state index in [-0.39, 0.29) is 6.10 Å². The fourth-order valence-electron chi connectivity index (χ4n) is 2.98. The van der Waals surface area contributed by atoms with E-state index in [2.05, 4.69) is 41.7 Å². The second-order valence-corrected chi connectivity index (χ2v) is 6.03. The molecule has 1 aliphatic heterocycles. The van der Waals surface area contributed by atoms with Gasteiger partial charge in [-0.1, -0.05) is 60.1 Å². The molecule has 0 fully saturated rings. The Morgan fingerprint density at radius 1 is 0.870 bits per heavy atom. The molecule has 23 heavy (non-hydrogen) atoms. The van der Waals surface area contributed by atoms with Gasteiger partial charge >= 0.3 is 0 Å². The first kappa shape index (κ1) is 14.3. The molecule has 3 aromatic carbocycles. The largest absolute Gasteiger partial charge is 0.362 e. The topological polar surface area (TPSA) is 21.3 Å². The van der Waals surface area contributed by atoms with Crippen molar-refractivity contribution in [2.75, 3.05) is 12.0 Å². The third-order valence-electron chi connectivity index (χ3n) is 4.11. The quantitative estimate of drug-likeness (QED) is 0.673. The molecular formula is C20H16ClNO. The molecule has 1 aliphatic rings. The average molecular weight is 322 g/mol. The van der Waals surface area contributed by atoms with E-state index in [1.54, 1.807) is 0 Å². The smallest absolute Gasteiger partial charge is 0.117 e. The highest BCUT2D eigenvalue weighted by Gasteiger charge is 2.22. The zero-order valence-corrected chi connectivity index (χ0v) is 13.3. The zero-order chi connectivity index (χ0) is 15.6. The first-order valence-corrected chi connectivity index (χ1v) is 7.99. The lowest BCUT2D eigenvalue weighted by Gasteiger charge is -2.28. The Balaban J connectivity index is 1.80. The van der Waals surface area contributed by atoms with E-state index >= 15 is 0 Å². The van der Waals surface area contributed by atoms with E-state index < -0.39 is 0 Å². The predicted molar refractivity (Wildman–Crippen MR) is 94.7 cm³/mol. The summed E-state index contributed by atoms with van der Waals surface area (Å²) in [4.78, 5) is 0. The maximum absolute atomic E-state index is 6.13. The van der Waals surface area contributed by atoms with Crippen LogP contribution in [0.2, 0.25) is 5.02 Å². The van der Waals surface area contributed by atoms with E-state index in [4.69, 9.17) is 16.3 Å². The minimum Gasteiger partial charge on any atom is -0.362 e. The van der Waals surface area contributed by atoms with Gasteiger partial charge in [0, 0.05) is 16.3 Å². The minimum atomic E-state index is -0.0495. The number of anilines is 1. The Kier molecular flexibility index (Phi) is 3.78. The standard InChI is InChI=1S/C20H16ClNO/c21-17-8-4-7-15(11-17)16-9-10-19-18(12-16)20(23-13-22-19)14-5-2-1-3-6-14/h1-12,20,22H,13H2. The van der Waals surface area contributed by atoms with Crippen molar-refractivity contribution in [3.8, 4) is 11.1 Å². The Hall–Kier alpha value is -2.29. The van der Waals surface area contributed by atoms with Gasteiger partial charge in [0.1, 0.15) is 12.8 Å². The number of halogens is 1. The molecule has 1 unspecified atom stereocenters. The van der Waals surface area contributed by atoms with E-state index in [0.717, 1.165) is 27.4 Å². The zero-order valence-electron chi connectivity index (χ0n) is 12.5. The molecule has 0 spiro atoms. The molecule has 3 heteroatoms. The monoisotopic (exact) mass is 321 g/mol. The van der Waals surface area contributed by atoms with Crippen molar-refractivity contribution in [2.24, 2.45) is 0 Å². The van der Waals surface area contributed by atoms with Gasteiger partial charge in [-0.15, -0.1) is 0 Å². The molecular weight excluding hydrogens is 306 g/mol. The van der Waals surface area contributed by atoms with Crippen molar-refractivity contribution in [3.05, 3.63) is 88.9 Å². The summed E-state index contributed by atoms with van der Waals surface area (Å²) in [5.41, 5.74) is 5.69. The molecule has 114 valence electrons. The molecule has 1 heterocycles. The van der Waals surface area contributed by atoms with E-state index in [1.165, 1.54) is 5.56 Å². The van der Waals surface area contributed by atoms with Crippen LogP contribution in [0.5, 0.6) is 0 Å². The summed E-state index contributed by atoms with van der Waals surface area (Å²) in [6.45, 7) is 0.517. The van der Waals surface area contributed by atoms with Crippen LogP contribution in [-0.4, -0.2) is 6.73 Å². The van der Waals surface area contributed by atoms with Crippen molar-refractivity contribution in [1.29, 1.82) is 0 Å². The van der Waals surface area contributed by atoms with E-state index in [0.29, 0.717) is 6.73 Å². The summed E-state index contributed by atoms with van der Waals surface area (Å²) in [5, 5.41) is 4.05. The van der Waals surface area contributed by atoms with Gasteiger partial charge in [0.15, 0.2) is 0 Å². The summed E-state index contributed by atoms with van der Waals surface area (Å²) < 4.78 is 5.97. The third kappa shape index (κ3) is 2.83. The van der Waals surface area contributed by atoms with Crippen molar-refractivity contribution in [1.82, 2.24) is 0 Å². The molecule has 3 aromatic rings. The summed E-state index contributed by atoms with van der Waals surface area (Å²) in [5.74, 6) is 0. The molecule has 2 nitrogen and oxygen atoms in total. The fourth-order valence-corrected chi connectivity index (χ4v) is 3.17. The number of rotatable bonds is 2. The van der Waals surface area contributed by atoms with Crippen LogP contribution in [0.15, 0.2) is 72.8 Å². The van der Waals surface area contributed by atoms with Gasteiger partial charge in [-0.3, -0.25) is 0 Å². The number of ether oxygens (including phenoxy) is 1. The van der Waals surface area contributed by atoms with Gasteiger partial charge in [-0.2, -0.15) is 0 Å². The molecule has 1 atom stereocenters. The predicted octanol–water partition coefficient (Wildman–Crippen LogP) is 5.50. The highest BCUT2D eigenvalue weighted by Crippen LogP contribution is 2.37. The lowest BCUT2D eigenvalue weighted by Crippen LogP contribution is -2.20. The van der Waals surface area contributed by atoms with Crippen LogP contribution < -0.4 is 5.32 Å². The average Bonchev–Trinajstić information content (AvgIpc) is 2.61. The van der Waals surface area contributed by atoms with Crippen LogP contribution in [0.1, 0.15) is 17.2 Å². The fraction of sp³-hybridized carbons (Fsp3) is 0.100. The summed E-state index contributed by atoms with van der Waals surface area (Å²) in [6.07, 6.45) is -0.0495. The lowest BCUT2D eigenvalue weighted by molar-refractivity contribution is 0.0877. The maximum atomic E-state index is 6.13. The molecule has 0 bridgehead atoms. The van der Waals surface area contributed by atoms with Crippen molar-refractivity contribution < 1.29 is 4.74 Å². The van der Waals surface area contributed by atoms with E-state index in [9.17, 15) is 0 Å². The Morgan fingerprint density at radius 3 is 2.52 bits per heavy atom. The van der Waals surface area contributed by atoms with Gasteiger partial charge in [0.05, 0.1) is 0 Å². The first-order valence-electron chi connectivity index (χ1n) is 7.61. The number of hydrogen-bond acceptors (Lipinski definition) is 2. The number of nitrogens with one attached hydrogen (secondary N) is 1. The highest BCUT2D eigenvalue weighted by atomic mass is 35.5. The van der Waals surface area contributed by atoms with E-state index in [1.807, 2.05) is 36.4 Å². The van der Waals surface area contributed by atoms with Crippen LogP contribution in [0.25, 0.3) is 11.1 Å². The van der Waals surface area contributed by atoms with Crippen LogP contribution in [-0.2, 0) is 4.74 Å². The van der Waals surface area contributed by atoms with Crippen LogP contribution >= 0.6 is 11.6 Å². The van der Waals surface area contributed by atoms with Crippen LogP contribution in [0.3, 0.4) is 0 Å². The molecule has 4 rings (SSSR count). The van der Waals surface area contributed by atoms with Gasteiger partial charge in [-0.25, -0.2) is 0 Å². The number of hydrogen-bond donors (Lipinski definition) is 1. The molecule has 0 radical (unpaired) electrons. The van der Waals surface area contributed by atoms with Gasteiger partial charge in [0.2, 0.25) is 0 Å². The normalized spacial score (nSPS) is 16.5. The number of benzene rings is 3. The second-order valence-electron chi connectivity index (χ2n) is 5.59. The second kappa shape index (κ2) is 6.07. The molecule has 0 aliphatic carbocycles. The summed E-state index contributed by atoms with van der Waals surface area (Å²) in [7, 11) is 0. The minimum absolute atomic E-state index is 0.0495. The first-order chi connectivity index (χ1) is 11.3. The molecule has 1 N–H and O–H groups in total. The van der Waals surface area contributed by atoms with Gasteiger partial charge in [0.25, 0.3) is 0 Å². The molecule has 0 aromatic heterocycles. The highest BCUT2D eigenvalue weighted by molar-refractivity contribution is 6.30. The SMILES string of the molecule is Clc1cccc(-c2ccc3c(c2)C(c2ccccc2)OCN3)c1. The Bertz CT molecular complexity index is 832. The molecule has 0 amide bonds. The van der Waals surface area contributed by atoms with Crippen molar-refractivity contribution >= 4 is 17.3 Å². The molecule has 0 saturated heterocycles.